The Kier molecular flexibility index (Phi) is 11.3. The number of halogens is 1. The average Bonchev–Trinajstić information content (AvgIpc) is 3.26. The summed E-state index contributed by atoms with van der Waals surface area (Å²) in [4.78, 5) is 9.43. The lowest BCUT2D eigenvalue weighted by molar-refractivity contribution is 0.0320. The maximum Gasteiger partial charge on any atom is 0.191 e. The van der Waals surface area contributed by atoms with Crippen LogP contribution in [-0.2, 0) is 4.74 Å². The molecule has 0 aliphatic carbocycles. The van der Waals surface area contributed by atoms with Gasteiger partial charge < -0.3 is 19.8 Å². The number of nitrogens with zero attached hydrogens (tertiary/aromatic N) is 3. The van der Waals surface area contributed by atoms with Gasteiger partial charge in [0, 0.05) is 39.8 Å². The van der Waals surface area contributed by atoms with Crippen molar-refractivity contribution in [1.82, 2.24) is 20.4 Å². The summed E-state index contributed by atoms with van der Waals surface area (Å²) in [6, 6.07) is 4.31. The maximum absolute atomic E-state index is 5.74. The topological polar surface area (TPSA) is 65.3 Å². The number of guanidine groups is 1. The second kappa shape index (κ2) is 13.5. The van der Waals surface area contributed by atoms with E-state index in [0.717, 1.165) is 70.7 Å². The number of piperidine rings is 1. The number of nitrogens with one attached hydrogen (secondary N) is 2. The Hall–Kier alpha value is -0.840. The van der Waals surface area contributed by atoms with Gasteiger partial charge in [-0.05, 0) is 44.0 Å². The fourth-order valence-electron chi connectivity index (χ4n) is 4.09. The van der Waals surface area contributed by atoms with Crippen LogP contribution in [0.25, 0.3) is 0 Å². The molecule has 1 aromatic rings. The van der Waals surface area contributed by atoms with Gasteiger partial charge in [-0.3, -0.25) is 14.8 Å². The van der Waals surface area contributed by atoms with Crippen molar-refractivity contribution in [1.29, 1.82) is 0 Å². The first-order valence-electron chi connectivity index (χ1n) is 10.8. The van der Waals surface area contributed by atoms with Gasteiger partial charge in [0.2, 0.25) is 0 Å². The van der Waals surface area contributed by atoms with Crippen LogP contribution >= 0.6 is 24.0 Å². The van der Waals surface area contributed by atoms with E-state index in [1.165, 1.54) is 19.3 Å². The van der Waals surface area contributed by atoms with Crippen LogP contribution in [0.5, 0.6) is 0 Å². The standard InChI is InChI=1S/C21H37N5O2.HI/c1-18(17-25-10-13-27-14-11-25)15-23-21(22-2)24-16-19(20-7-6-12-28-20)26-8-4-3-5-9-26;/h6-7,12,18-19H,3-5,8-11,13-17H2,1-2H3,(H2,22,23,24);1H. The molecular weight excluding hydrogens is 481 g/mol. The fourth-order valence-corrected chi connectivity index (χ4v) is 4.09. The SMILES string of the molecule is CN=C(NCC(C)CN1CCOCC1)NCC(c1ccco1)N1CCCCC1.I. The third kappa shape index (κ3) is 8.07. The van der Waals surface area contributed by atoms with Crippen molar-refractivity contribution in [3.8, 4) is 0 Å². The number of hydrogen-bond acceptors (Lipinski definition) is 5. The highest BCUT2D eigenvalue weighted by Crippen LogP contribution is 2.24. The summed E-state index contributed by atoms with van der Waals surface area (Å²) in [7, 11) is 1.84. The van der Waals surface area contributed by atoms with Crippen LogP contribution in [0.15, 0.2) is 27.8 Å². The molecule has 0 saturated carbocycles. The molecule has 2 saturated heterocycles. The zero-order chi connectivity index (χ0) is 19.6. The third-order valence-corrected chi connectivity index (χ3v) is 5.68. The van der Waals surface area contributed by atoms with E-state index >= 15 is 0 Å². The highest BCUT2D eigenvalue weighted by Gasteiger charge is 2.24. The molecule has 29 heavy (non-hydrogen) atoms. The summed E-state index contributed by atoms with van der Waals surface area (Å²) < 4.78 is 11.2. The summed E-state index contributed by atoms with van der Waals surface area (Å²) in [5, 5.41) is 7.01. The molecule has 0 aromatic carbocycles. The smallest absolute Gasteiger partial charge is 0.191 e. The zero-order valence-corrected chi connectivity index (χ0v) is 20.3. The molecule has 2 unspecified atom stereocenters. The van der Waals surface area contributed by atoms with Gasteiger partial charge >= 0.3 is 0 Å². The lowest BCUT2D eigenvalue weighted by atomic mass is 10.1. The van der Waals surface area contributed by atoms with Crippen molar-refractivity contribution in [3.63, 3.8) is 0 Å². The van der Waals surface area contributed by atoms with E-state index in [9.17, 15) is 0 Å². The van der Waals surface area contributed by atoms with Crippen molar-refractivity contribution in [2.45, 2.75) is 32.2 Å². The summed E-state index contributed by atoms with van der Waals surface area (Å²) in [5.74, 6) is 2.45. The Labute approximate surface area is 192 Å². The van der Waals surface area contributed by atoms with Crippen LogP contribution in [0.4, 0.5) is 0 Å². The van der Waals surface area contributed by atoms with Gasteiger partial charge in [0.05, 0.1) is 25.5 Å². The van der Waals surface area contributed by atoms with E-state index in [0.29, 0.717) is 5.92 Å². The van der Waals surface area contributed by atoms with E-state index in [1.54, 1.807) is 6.26 Å². The summed E-state index contributed by atoms with van der Waals surface area (Å²) >= 11 is 0. The molecule has 0 bridgehead atoms. The third-order valence-electron chi connectivity index (χ3n) is 5.68. The molecule has 166 valence electrons. The van der Waals surface area contributed by atoms with Gasteiger partial charge in [0.15, 0.2) is 5.96 Å². The van der Waals surface area contributed by atoms with E-state index in [-0.39, 0.29) is 30.0 Å². The number of rotatable bonds is 8. The van der Waals surface area contributed by atoms with E-state index in [2.05, 4.69) is 38.4 Å². The molecule has 0 spiro atoms. The molecule has 8 heteroatoms. The predicted octanol–water partition coefficient (Wildman–Crippen LogP) is 2.56. The Morgan fingerprint density at radius 3 is 2.48 bits per heavy atom. The summed E-state index contributed by atoms with van der Waals surface area (Å²) in [6.45, 7) is 11.1. The van der Waals surface area contributed by atoms with E-state index in [4.69, 9.17) is 9.15 Å². The second-order valence-corrected chi connectivity index (χ2v) is 7.98. The number of likely N-dealkylation sites (tertiary alicyclic amines) is 1. The highest BCUT2D eigenvalue weighted by atomic mass is 127. The molecule has 3 heterocycles. The summed E-state index contributed by atoms with van der Waals surface area (Å²) in [6.07, 6.45) is 5.64. The van der Waals surface area contributed by atoms with Gasteiger partial charge in [-0.2, -0.15) is 0 Å². The van der Waals surface area contributed by atoms with E-state index in [1.807, 2.05) is 13.1 Å². The molecule has 3 rings (SSSR count). The molecule has 0 radical (unpaired) electrons. The van der Waals surface area contributed by atoms with Crippen LogP contribution in [-0.4, -0.2) is 81.8 Å². The van der Waals surface area contributed by atoms with Gasteiger partial charge in [-0.1, -0.05) is 13.3 Å². The van der Waals surface area contributed by atoms with Crippen LogP contribution in [0.3, 0.4) is 0 Å². The van der Waals surface area contributed by atoms with Gasteiger partial charge in [0.25, 0.3) is 0 Å². The lowest BCUT2D eigenvalue weighted by Gasteiger charge is -2.34. The predicted molar refractivity (Wildman–Crippen MR) is 128 cm³/mol. The quantitative estimate of drug-likeness (QED) is 0.313. The fraction of sp³-hybridized carbons (Fsp3) is 0.762. The highest BCUT2D eigenvalue weighted by molar-refractivity contribution is 14.0. The number of morpholine rings is 1. The molecule has 2 N–H and O–H groups in total. The number of ether oxygens (including phenoxy) is 1. The Balaban J connectivity index is 0.00000300. The summed E-state index contributed by atoms with van der Waals surface area (Å²) in [5.41, 5.74) is 0. The Morgan fingerprint density at radius 1 is 1.10 bits per heavy atom. The number of furan rings is 1. The van der Waals surface area contributed by atoms with Gasteiger partial charge in [-0.15, -0.1) is 24.0 Å². The first kappa shape index (κ1) is 24.4. The van der Waals surface area contributed by atoms with Crippen molar-refractivity contribution < 1.29 is 9.15 Å². The number of hydrogen-bond donors (Lipinski definition) is 2. The first-order valence-corrected chi connectivity index (χ1v) is 10.8. The monoisotopic (exact) mass is 519 g/mol. The van der Waals surface area contributed by atoms with Crippen molar-refractivity contribution in [2.24, 2.45) is 10.9 Å². The van der Waals surface area contributed by atoms with Gasteiger partial charge in [0.1, 0.15) is 5.76 Å². The Bertz CT molecular complexity index is 572. The Morgan fingerprint density at radius 2 is 1.83 bits per heavy atom. The van der Waals surface area contributed by atoms with Crippen LogP contribution in [0, 0.1) is 5.92 Å². The molecule has 2 aliphatic rings. The average molecular weight is 519 g/mol. The molecule has 2 fully saturated rings. The molecule has 2 aliphatic heterocycles. The van der Waals surface area contributed by atoms with Crippen LogP contribution < -0.4 is 10.6 Å². The minimum Gasteiger partial charge on any atom is -0.468 e. The largest absolute Gasteiger partial charge is 0.468 e. The van der Waals surface area contributed by atoms with Gasteiger partial charge in [-0.25, -0.2) is 0 Å². The van der Waals surface area contributed by atoms with Crippen LogP contribution in [0.2, 0.25) is 0 Å². The lowest BCUT2D eigenvalue weighted by Crippen LogP contribution is -2.46. The minimum atomic E-state index is 0. The molecule has 2 atom stereocenters. The molecule has 1 aromatic heterocycles. The van der Waals surface area contributed by atoms with E-state index < -0.39 is 0 Å². The second-order valence-electron chi connectivity index (χ2n) is 7.98. The van der Waals surface area contributed by atoms with Crippen LogP contribution in [0.1, 0.15) is 38.0 Å². The van der Waals surface area contributed by atoms with Crippen molar-refractivity contribution in [3.05, 3.63) is 24.2 Å². The molecular formula is C21H38IN5O2. The van der Waals surface area contributed by atoms with Crippen molar-refractivity contribution in [2.75, 3.05) is 66.1 Å². The first-order chi connectivity index (χ1) is 13.8. The molecule has 0 amide bonds. The number of aliphatic imine (C=N–C) groups is 1. The minimum absolute atomic E-state index is 0. The maximum atomic E-state index is 5.74. The zero-order valence-electron chi connectivity index (χ0n) is 17.9. The molecule has 7 nitrogen and oxygen atoms in total. The normalized spacial score (nSPS) is 21.2. The van der Waals surface area contributed by atoms with Crippen molar-refractivity contribution >= 4 is 29.9 Å².